The summed E-state index contributed by atoms with van der Waals surface area (Å²) in [5.74, 6) is 0.798. The molecule has 1 N–H and O–H groups in total. The molecule has 0 aliphatic carbocycles. The number of aliphatic carboxylic acids is 1. The van der Waals surface area contributed by atoms with Gasteiger partial charge in [-0.2, -0.15) is 0 Å². The van der Waals surface area contributed by atoms with Crippen LogP contribution in [0.1, 0.15) is 29.5 Å². The summed E-state index contributed by atoms with van der Waals surface area (Å²) in [5, 5.41) is 9.03. The van der Waals surface area contributed by atoms with Crippen molar-refractivity contribution < 1.29 is 14.6 Å². The van der Waals surface area contributed by atoms with Gasteiger partial charge in [-0.25, -0.2) is 0 Å². The molecule has 3 nitrogen and oxygen atoms in total. The minimum atomic E-state index is -0.755. The van der Waals surface area contributed by atoms with Crippen LogP contribution in [-0.4, -0.2) is 23.9 Å². The largest absolute Gasteiger partial charge is 0.497 e. The van der Waals surface area contributed by atoms with Crippen molar-refractivity contribution in [1.29, 1.82) is 0 Å². The van der Waals surface area contributed by atoms with E-state index in [9.17, 15) is 4.79 Å². The normalized spacial score (nSPS) is 11.2. The highest BCUT2D eigenvalue weighted by atomic mass is 32.2. The molecule has 0 atom stereocenters. The lowest BCUT2D eigenvalue weighted by Gasteiger charge is -2.35. The Hall–Kier alpha value is -2.72. The Kier molecular flexibility index (Phi) is 6.77. The van der Waals surface area contributed by atoms with E-state index in [4.69, 9.17) is 9.84 Å². The van der Waals surface area contributed by atoms with E-state index in [1.54, 1.807) is 18.9 Å². The van der Waals surface area contributed by atoms with Crippen molar-refractivity contribution in [3.8, 4) is 5.75 Å². The molecule has 0 spiro atoms. The zero-order chi connectivity index (χ0) is 19.8. The molecular formula is C24H24O3S. The van der Waals surface area contributed by atoms with Crippen molar-refractivity contribution in [2.75, 3.05) is 12.9 Å². The highest BCUT2D eigenvalue weighted by Gasteiger charge is 2.36. The molecule has 28 heavy (non-hydrogen) atoms. The first-order valence-corrected chi connectivity index (χ1v) is 10.3. The fraction of sp³-hybridized carbons (Fsp3) is 0.208. The van der Waals surface area contributed by atoms with Crippen LogP contribution in [0.3, 0.4) is 0 Å². The zero-order valence-electron chi connectivity index (χ0n) is 15.9. The van der Waals surface area contributed by atoms with Crippen molar-refractivity contribution in [3.05, 3.63) is 102 Å². The van der Waals surface area contributed by atoms with Gasteiger partial charge >= 0.3 is 5.97 Å². The summed E-state index contributed by atoms with van der Waals surface area (Å²) >= 11 is 1.78. The quantitative estimate of drug-likeness (QED) is 0.381. The Morgan fingerprint density at radius 3 is 1.82 bits per heavy atom. The van der Waals surface area contributed by atoms with E-state index >= 15 is 0 Å². The maximum Gasteiger partial charge on any atom is 0.303 e. The minimum absolute atomic E-state index is 0.176. The number of carboxylic acid groups (broad SMARTS) is 1. The predicted octanol–water partition coefficient (Wildman–Crippen LogP) is 5.59. The van der Waals surface area contributed by atoms with Crippen molar-refractivity contribution in [2.24, 2.45) is 0 Å². The molecule has 0 aliphatic rings. The topological polar surface area (TPSA) is 46.5 Å². The Morgan fingerprint density at radius 2 is 1.36 bits per heavy atom. The molecule has 3 aromatic rings. The van der Waals surface area contributed by atoms with Gasteiger partial charge in [-0.3, -0.25) is 4.79 Å². The molecule has 0 heterocycles. The second-order valence-electron chi connectivity index (χ2n) is 6.49. The Bertz CT molecular complexity index is 837. The van der Waals surface area contributed by atoms with Crippen molar-refractivity contribution in [3.63, 3.8) is 0 Å². The van der Waals surface area contributed by atoms with Gasteiger partial charge in [-0.1, -0.05) is 72.8 Å². The number of rotatable bonds is 9. The molecule has 0 saturated carbocycles. The Balaban J connectivity index is 2.11. The van der Waals surface area contributed by atoms with Crippen molar-refractivity contribution >= 4 is 17.7 Å². The van der Waals surface area contributed by atoms with Gasteiger partial charge in [0.15, 0.2) is 0 Å². The number of methoxy groups -OCH3 is 1. The van der Waals surface area contributed by atoms with Gasteiger partial charge in [0.1, 0.15) is 5.75 Å². The lowest BCUT2D eigenvalue weighted by atomic mass is 9.84. The number of carbonyl (C=O) groups is 1. The summed E-state index contributed by atoms with van der Waals surface area (Å²) in [6.45, 7) is 0. The molecule has 0 aromatic heterocycles. The van der Waals surface area contributed by atoms with Crippen LogP contribution < -0.4 is 4.74 Å². The number of carboxylic acids is 1. The highest BCUT2D eigenvalue weighted by Crippen LogP contribution is 2.49. The van der Waals surface area contributed by atoms with Crippen molar-refractivity contribution in [2.45, 2.75) is 17.6 Å². The lowest BCUT2D eigenvalue weighted by molar-refractivity contribution is -0.137. The zero-order valence-corrected chi connectivity index (χ0v) is 16.7. The standard InChI is InChI=1S/C24H24O3S/c1-27-22-16-14-21(15-17-22)24(19-9-4-2-5-10-19,20-11-6-3-7-12-20)28-18-8-13-23(25)26/h2-7,9-12,14-17H,8,13,18H2,1H3,(H,25,26). The van der Waals surface area contributed by atoms with Gasteiger partial charge in [0.05, 0.1) is 11.9 Å². The van der Waals surface area contributed by atoms with E-state index < -0.39 is 10.7 Å². The molecule has 0 fully saturated rings. The molecule has 144 valence electrons. The number of hydrogen-bond acceptors (Lipinski definition) is 3. The molecular weight excluding hydrogens is 368 g/mol. The second kappa shape index (κ2) is 9.47. The fourth-order valence-electron chi connectivity index (χ4n) is 3.37. The molecule has 0 saturated heterocycles. The lowest BCUT2D eigenvalue weighted by Crippen LogP contribution is -2.26. The summed E-state index contributed by atoms with van der Waals surface area (Å²) in [6.07, 6.45) is 0.798. The van der Waals surface area contributed by atoms with Gasteiger partial charge in [-0.15, -0.1) is 11.8 Å². The SMILES string of the molecule is COc1ccc(C(SCCCC(=O)O)(c2ccccc2)c2ccccc2)cc1. The first kappa shape index (κ1) is 20.0. The molecule has 0 radical (unpaired) electrons. The van der Waals surface area contributed by atoms with Crippen molar-refractivity contribution in [1.82, 2.24) is 0 Å². The summed E-state index contributed by atoms with van der Waals surface area (Å²) in [4.78, 5) is 11.0. The molecule has 0 aliphatic heterocycles. The van der Waals surface area contributed by atoms with Gasteiger partial charge < -0.3 is 9.84 Å². The fourth-order valence-corrected chi connectivity index (χ4v) is 4.87. The van der Waals surface area contributed by atoms with Crippen LogP contribution in [0.4, 0.5) is 0 Å². The molecule has 0 amide bonds. The van der Waals surface area contributed by atoms with E-state index in [2.05, 4.69) is 36.4 Å². The number of benzene rings is 3. The molecule has 3 aromatic carbocycles. The molecule has 0 unspecified atom stereocenters. The van der Waals surface area contributed by atoms with E-state index in [0.29, 0.717) is 6.42 Å². The first-order valence-electron chi connectivity index (χ1n) is 9.28. The molecule has 3 rings (SSSR count). The van der Waals surface area contributed by atoms with E-state index in [1.807, 2.05) is 48.5 Å². The van der Waals surface area contributed by atoms with E-state index in [1.165, 1.54) is 11.1 Å². The average molecular weight is 393 g/mol. The smallest absolute Gasteiger partial charge is 0.303 e. The number of thioether (sulfide) groups is 1. The Labute approximate surface area is 170 Å². The van der Waals surface area contributed by atoms with Gasteiger partial charge in [0, 0.05) is 6.42 Å². The summed E-state index contributed by atoms with van der Waals surface area (Å²) in [7, 11) is 1.66. The molecule has 4 heteroatoms. The third-order valence-electron chi connectivity index (χ3n) is 4.71. The van der Waals surface area contributed by atoms with Crippen LogP contribution in [0.25, 0.3) is 0 Å². The van der Waals surface area contributed by atoms with Crippen LogP contribution in [0.5, 0.6) is 5.75 Å². The van der Waals surface area contributed by atoms with Gasteiger partial charge in [-0.05, 0) is 41.0 Å². The summed E-state index contributed by atoms with van der Waals surface area (Å²) in [5.41, 5.74) is 3.49. The summed E-state index contributed by atoms with van der Waals surface area (Å²) in [6, 6.07) is 29.0. The van der Waals surface area contributed by atoms with E-state index in [0.717, 1.165) is 17.1 Å². The predicted molar refractivity (Wildman–Crippen MR) is 115 cm³/mol. The van der Waals surface area contributed by atoms with Crippen LogP contribution in [0.15, 0.2) is 84.9 Å². The third kappa shape index (κ3) is 4.39. The first-order chi connectivity index (χ1) is 13.7. The maximum atomic E-state index is 11.0. The maximum absolute atomic E-state index is 11.0. The van der Waals surface area contributed by atoms with Gasteiger partial charge in [0.2, 0.25) is 0 Å². The number of ether oxygens (including phenoxy) is 1. The van der Waals surface area contributed by atoms with Crippen LogP contribution >= 0.6 is 11.8 Å². The second-order valence-corrected chi connectivity index (χ2v) is 7.80. The minimum Gasteiger partial charge on any atom is -0.497 e. The Morgan fingerprint density at radius 1 is 0.857 bits per heavy atom. The monoisotopic (exact) mass is 392 g/mol. The average Bonchev–Trinajstić information content (AvgIpc) is 2.75. The van der Waals surface area contributed by atoms with Gasteiger partial charge in [0.25, 0.3) is 0 Å². The van der Waals surface area contributed by atoms with E-state index in [-0.39, 0.29) is 6.42 Å². The van der Waals surface area contributed by atoms with Crippen LogP contribution in [-0.2, 0) is 9.54 Å². The third-order valence-corrected chi connectivity index (χ3v) is 6.34. The van der Waals surface area contributed by atoms with Crippen LogP contribution in [0, 0.1) is 0 Å². The summed E-state index contributed by atoms with van der Waals surface area (Å²) < 4.78 is 4.92. The van der Waals surface area contributed by atoms with Crippen LogP contribution in [0.2, 0.25) is 0 Å². The molecule has 0 bridgehead atoms. The highest BCUT2D eigenvalue weighted by molar-refractivity contribution is 8.00. The number of hydrogen-bond donors (Lipinski definition) is 1.